The Morgan fingerprint density at radius 2 is 2.07 bits per heavy atom. The summed E-state index contributed by atoms with van der Waals surface area (Å²) in [6.45, 7) is -0.0596. The first-order chi connectivity index (χ1) is 13.1. The summed E-state index contributed by atoms with van der Waals surface area (Å²) < 4.78 is 9.67. The molecule has 0 fully saturated rings. The number of non-ortho nitro benzene ring substituents is 1. The van der Waals surface area contributed by atoms with Crippen molar-refractivity contribution in [3.05, 3.63) is 58.9 Å². The molecule has 2 aromatic carbocycles. The summed E-state index contributed by atoms with van der Waals surface area (Å²) in [5.74, 6) is 0.00305. The van der Waals surface area contributed by atoms with Crippen molar-refractivity contribution in [1.29, 1.82) is 0 Å². The summed E-state index contributed by atoms with van der Waals surface area (Å²) in [5.41, 5.74) is 2.37. The average molecular weight is 381 g/mol. The first kappa shape index (κ1) is 16.7. The van der Waals surface area contributed by atoms with Crippen molar-refractivity contribution in [3.63, 3.8) is 0 Å². The van der Waals surface area contributed by atoms with Gasteiger partial charge in [-0.3, -0.25) is 14.9 Å². The van der Waals surface area contributed by atoms with Crippen LogP contribution in [0.2, 0.25) is 0 Å². The molecular formula is C16H11N7O3S. The van der Waals surface area contributed by atoms with Crippen LogP contribution in [0.1, 0.15) is 0 Å². The van der Waals surface area contributed by atoms with Crippen LogP contribution in [-0.2, 0) is 11.3 Å². The maximum atomic E-state index is 12.3. The van der Waals surface area contributed by atoms with Crippen molar-refractivity contribution in [2.45, 2.75) is 6.54 Å². The van der Waals surface area contributed by atoms with Crippen molar-refractivity contribution in [3.8, 4) is 11.4 Å². The highest BCUT2D eigenvalue weighted by Gasteiger charge is 2.13. The molecule has 0 unspecified atom stereocenters. The second-order valence-electron chi connectivity index (χ2n) is 5.56. The molecule has 0 bridgehead atoms. The summed E-state index contributed by atoms with van der Waals surface area (Å²) in [6, 6.07) is 11.4. The van der Waals surface area contributed by atoms with E-state index >= 15 is 0 Å². The number of nitro benzene ring substituents is 1. The fourth-order valence-corrected chi connectivity index (χ4v) is 3.06. The summed E-state index contributed by atoms with van der Waals surface area (Å²) in [5, 5.41) is 17.9. The zero-order valence-corrected chi connectivity index (χ0v) is 14.5. The van der Waals surface area contributed by atoms with Crippen molar-refractivity contribution in [2.75, 3.05) is 5.32 Å². The standard InChI is InChI=1S/C16H11N7O3S/c24-14(18-12-5-2-6-13-15(12)21-27-20-13)8-22-9-17-16(19-22)10-3-1-4-11(7-10)23(25)26/h1-7,9H,8H2,(H,18,24). The van der Waals surface area contributed by atoms with E-state index in [4.69, 9.17) is 0 Å². The van der Waals surface area contributed by atoms with Crippen molar-refractivity contribution >= 4 is 40.0 Å². The van der Waals surface area contributed by atoms with Crippen LogP contribution in [0.4, 0.5) is 11.4 Å². The fourth-order valence-electron chi connectivity index (χ4n) is 2.51. The van der Waals surface area contributed by atoms with Gasteiger partial charge >= 0.3 is 0 Å². The highest BCUT2D eigenvalue weighted by atomic mass is 32.1. The number of carbonyl (C=O) groups excluding carboxylic acids is 1. The van der Waals surface area contributed by atoms with E-state index in [2.05, 4.69) is 24.1 Å². The molecule has 0 atom stereocenters. The van der Waals surface area contributed by atoms with Crippen molar-refractivity contribution < 1.29 is 9.72 Å². The van der Waals surface area contributed by atoms with Gasteiger partial charge in [-0.25, -0.2) is 9.67 Å². The number of rotatable bonds is 5. The Labute approximate surface area is 156 Å². The predicted octanol–water partition coefficient (Wildman–Crippen LogP) is 2.50. The number of hydrogen-bond donors (Lipinski definition) is 1. The van der Waals surface area contributed by atoms with Crippen molar-refractivity contribution in [1.82, 2.24) is 23.5 Å². The number of amides is 1. The van der Waals surface area contributed by atoms with Crippen molar-refractivity contribution in [2.24, 2.45) is 0 Å². The second-order valence-corrected chi connectivity index (χ2v) is 6.09. The minimum Gasteiger partial charge on any atom is -0.322 e. The molecule has 4 aromatic rings. The van der Waals surface area contributed by atoms with Crippen LogP contribution in [0, 0.1) is 10.1 Å². The summed E-state index contributed by atoms with van der Waals surface area (Å²) in [4.78, 5) is 26.8. The average Bonchev–Trinajstić information content (AvgIpc) is 3.31. The quantitative estimate of drug-likeness (QED) is 0.415. The zero-order valence-electron chi connectivity index (χ0n) is 13.6. The van der Waals surface area contributed by atoms with Crippen LogP contribution in [0.5, 0.6) is 0 Å². The molecule has 10 nitrogen and oxygen atoms in total. The van der Waals surface area contributed by atoms with Gasteiger partial charge in [0.1, 0.15) is 23.9 Å². The SMILES string of the molecule is O=C(Cn1cnc(-c2cccc([N+](=O)[O-])c2)n1)Nc1cccc2nsnc12. The van der Waals surface area contributed by atoms with Gasteiger partial charge in [-0.05, 0) is 12.1 Å². The van der Waals surface area contributed by atoms with Gasteiger partial charge in [-0.2, -0.15) is 13.8 Å². The normalized spacial score (nSPS) is 10.8. The first-order valence-electron chi connectivity index (χ1n) is 7.75. The lowest BCUT2D eigenvalue weighted by atomic mass is 10.2. The zero-order chi connectivity index (χ0) is 18.8. The molecule has 0 aliphatic rings. The minimum absolute atomic E-state index is 0.0495. The number of nitrogens with one attached hydrogen (secondary N) is 1. The Balaban J connectivity index is 1.49. The van der Waals surface area contributed by atoms with E-state index in [0.29, 0.717) is 28.1 Å². The Morgan fingerprint density at radius 3 is 2.93 bits per heavy atom. The third-order valence-corrected chi connectivity index (χ3v) is 4.26. The molecule has 0 aliphatic carbocycles. The molecule has 27 heavy (non-hydrogen) atoms. The van der Waals surface area contributed by atoms with E-state index < -0.39 is 4.92 Å². The van der Waals surface area contributed by atoms with Gasteiger partial charge in [-0.15, -0.1) is 0 Å². The van der Waals surface area contributed by atoms with E-state index in [9.17, 15) is 14.9 Å². The number of benzene rings is 2. The van der Waals surface area contributed by atoms with E-state index in [-0.39, 0.29) is 18.1 Å². The Kier molecular flexibility index (Phi) is 4.26. The number of fused-ring (bicyclic) bond motifs is 1. The maximum absolute atomic E-state index is 12.3. The smallest absolute Gasteiger partial charge is 0.270 e. The molecule has 4 rings (SSSR count). The van der Waals surface area contributed by atoms with Crippen LogP contribution in [-0.4, -0.2) is 34.3 Å². The lowest BCUT2D eigenvalue weighted by Gasteiger charge is -2.05. The van der Waals surface area contributed by atoms with Gasteiger partial charge in [-0.1, -0.05) is 18.2 Å². The lowest BCUT2D eigenvalue weighted by Crippen LogP contribution is -2.19. The topological polar surface area (TPSA) is 129 Å². The van der Waals surface area contributed by atoms with E-state index in [1.807, 2.05) is 6.07 Å². The van der Waals surface area contributed by atoms with Crippen LogP contribution >= 0.6 is 11.7 Å². The fraction of sp³-hybridized carbons (Fsp3) is 0.0625. The van der Waals surface area contributed by atoms with Gasteiger partial charge < -0.3 is 5.32 Å². The molecule has 0 spiro atoms. The molecule has 1 N–H and O–H groups in total. The van der Waals surface area contributed by atoms with Crippen LogP contribution in [0.15, 0.2) is 48.8 Å². The monoisotopic (exact) mass is 381 g/mol. The van der Waals surface area contributed by atoms with Crippen LogP contribution in [0.3, 0.4) is 0 Å². The molecule has 11 heteroatoms. The number of nitro groups is 1. The van der Waals surface area contributed by atoms with Crippen LogP contribution in [0.25, 0.3) is 22.4 Å². The molecular weight excluding hydrogens is 370 g/mol. The van der Waals surface area contributed by atoms with E-state index in [1.165, 1.54) is 23.1 Å². The number of hydrogen-bond acceptors (Lipinski definition) is 8. The highest BCUT2D eigenvalue weighted by molar-refractivity contribution is 7.00. The highest BCUT2D eigenvalue weighted by Crippen LogP contribution is 2.22. The lowest BCUT2D eigenvalue weighted by molar-refractivity contribution is -0.384. The summed E-state index contributed by atoms with van der Waals surface area (Å²) in [6.07, 6.45) is 1.40. The predicted molar refractivity (Wildman–Crippen MR) is 98.2 cm³/mol. The molecule has 0 aliphatic heterocycles. The molecule has 2 heterocycles. The number of nitrogens with zero attached hydrogens (tertiary/aromatic N) is 6. The Bertz CT molecular complexity index is 1150. The molecule has 0 radical (unpaired) electrons. The van der Waals surface area contributed by atoms with Gasteiger partial charge in [0.2, 0.25) is 5.91 Å². The molecule has 1 amide bonds. The number of carbonyl (C=O) groups is 1. The van der Waals surface area contributed by atoms with Gasteiger partial charge in [0.15, 0.2) is 5.82 Å². The van der Waals surface area contributed by atoms with Gasteiger partial charge in [0.25, 0.3) is 5.69 Å². The number of aromatic nitrogens is 5. The molecule has 2 aromatic heterocycles. The third kappa shape index (κ3) is 3.48. The van der Waals surface area contributed by atoms with Crippen LogP contribution < -0.4 is 5.32 Å². The maximum Gasteiger partial charge on any atom is 0.270 e. The molecule has 0 saturated carbocycles. The summed E-state index contributed by atoms with van der Waals surface area (Å²) >= 11 is 1.08. The van der Waals surface area contributed by atoms with Gasteiger partial charge in [0, 0.05) is 17.7 Å². The minimum atomic E-state index is -0.484. The first-order valence-corrected chi connectivity index (χ1v) is 8.48. The number of anilines is 1. The van der Waals surface area contributed by atoms with E-state index in [1.54, 1.807) is 24.3 Å². The third-order valence-electron chi connectivity index (χ3n) is 3.72. The Morgan fingerprint density at radius 1 is 1.22 bits per heavy atom. The largest absolute Gasteiger partial charge is 0.322 e. The summed E-state index contributed by atoms with van der Waals surface area (Å²) in [7, 11) is 0. The second kappa shape index (κ2) is 6.88. The van der Waals surface area contributed by atoms with E-state index in [0.717, 1.165) is 11.7 Å². The van der Waals surface area contributed by atoms with Gasteiger partial charge in [0.05, 0.1) is 22.3 Å². The Hall–Kier alpha value is -3.73. The molecule has 0 saturated heterocycles. The molecule has 134 valence electrons.